The number of nitrogens with two attached hydrogens (primary N) is 1. The summed E-state index contributed by atoms with van der Waals surface area (Å²) in [5.74, 6) is 1.09. The van der Waals surface area contributed by atoms with Gasteiger partial charge in [0.2, 0.25) is 11.9 Å². The van der Waals surface area contributed by atoms with E-state index in [1.807, 2.05) is 36.4 Å². The fourth-order valence-corrected chi connectivity index (χ4v) is 10.4. The van der Waals surface area contributed by atoms with Crippen molar-refractivity contribution in [2.24, 2.45) is 0 Å². The van der Waals surface area contributed by atoms with Gasteiger partial charge in [0.25, 0.3) is 0 Å². The predicted octanol–water partition coefficient (Wildman–Crippen LogP) is 3.96. The van der Waals surface area contributed by atoms with Gasteiger partial charge >= 0.3 is 0 Å². The number of benzene rings is 2. The Morgan fingerprint density at radius 2 is 1.16 bits per heavy atom. The first-order chi connectivity index (χ1) is 26.7. The van der Waals surface area contributed by atoms with Crippen molar-refractivity contribution < 1.29 is 26.3 Å². The Balaban J connectivity index is 0.000000253. The number of rotatable bonds is 11. The highest BCUT2D eigenvalue weighted by Gasteiger charge is 2.38. The Hall–Kier alpha value is -1.96. The largest absolute Gasteiger partial charge is 0.374 e. The molecule has 0 unspecified atom stereocenters. The quantitative estimate of drug-likeness (QED) is 0.252. The number of H-pyrrole nitrogens is 1. The third kappa shape index (κ3) is 14.9. The molecule has 4 atom stereocenters. The number of sulfone groups is 2. The molecular weight excluding hydrogens is 870 g/mol. The lowest BCUT2D eigenvalue weighted by Crippen LogP contribution is -2.58. The van der Waals surface area contributed by atoms with Crippen molar-refractivity contribution in [1.82, 2.24) is 30.3 Å². The number of aromatic amines is 1. The number of nitrogen functional groups attached to an aromatic ring is 1. The summed E-state index contributed by atoms with van der Waals surface area (Å²) in [7, 11) is -6.15. The van der Waals surface area contributed by atoms with E-state index in [9.17, 15) is 16.8 Å². The third-order valence-corrected chi connectivity index (χ3v) is 13.5. The van der Waals surface area contributed by atoms with E-state index in [0.29, 0.717) is 55.3 Å². The number of nitrogens with zero attached hydrogens (tertiary/aromatic N) is 5. The second-order valence-electron chi connectivity index (χ2n) is 15.7. The molecule has 0 bridgehead atoms. The smallest absolute Gasteiger partial charge is 0.246 e. The Morgan fingerprint density at radius 3 is 1.55 bits per heavy atom. The fraction of sp³-hybridized carbons (Fsp3) is 0.632. The number of anilines is 2. The van der Waals surface area contributed by atoms with Crippen LogP contribution in [0.5, 0.6) is 0 Å². The van der Waals surface area contributed by atoms with E-state index >= 15 is 0 Å². The molecule has 0 saturated carbocycles. The molecule has 1 aromatic heterocycles. The van der Waals surface area contributed by atoms with Crippen molar-refractivity contribution in [2.45, 2.75) is 74.9 Å². The van der Waals surface area contributed by atoms with Crippen molar-refractivity contribution in [3.63, 3.8) is 0 Å². The molecule has 14 nitrogen and oxygen atoms in total. The number of halogens is 4. The zero-order valence-electron chi connectivity index (χ0n) is 33.0. The number of hydrogen-bond acceptors (Lipinski definition) is 13. The number of ether oxygens (including phenoxy) is 2. The molecular formula is C38H58Cl4N8O6S2. The first-order valence-corrected chi connectivity index (χ1v) is 24.3. The lowest BCUT2D eigenvalue weighted by Gasteiger charge is -2.46. The van der Waals surface area contributed by atoms with Crippen LogP contribution in [0.15, 0.2) is 48.5 Å². The van der Waals surface area contributed by atoms with E-state index in [1.54, 1.807) is 0 Å². The molecule has 0 amide bonds. The van der Waals surface area contributed by atoms with Gasteiger partial charge in [-0.15, -0.1) is 29.9 Å². The summed E-state index contributed by atoms with van der Waals surface area (Å²) in [6, 6.07) is 17.1. The van der Waals surface area contributed by atoms with E-state index in [2.05, 4.69) is 47.3 Å². The Labute approximate surface area is 365 Å². The monoisotopic (exact) mass is 926 g/mol. The number of aromatic nitrogens is 3. The highest BCUT2D eigenvalue weighted by Crippen LogP contribution is 2.28. The van der Waals surface area contributed by atoms with Crippen LogP contribution in [0.25, 0.3) is 0 Å². The van der Waals surface area contributed by atoms with Crippen LogP contribution in [-0.2, 0) is 42.0 Å². The highest BCUT2D eigenvalue weighted by atomic mass is 35.5. The molecule has 20 heteroatoms. The molecule has 4 aliphatic heterocycles. The molecule has 2 aromatic carbocycles. The summed E-state index contributed by atoms with van der Waals surface area (Å²) in [6.45, 7) is 6.08. The number of morpholine rings is 2. The van der Waals surface area contributed by atoms with Gasteiger partial charge in [0.05, 0.1) is 36.9 Å². The van der Waals surface area contributed by atoms with E-state index in [-0.39, 0.29) is 60.6 Å². The summed E-state index contributed by atoms with van der Waals surface area (Å²) < 4.78 is 58.9. The molecule has 3 aromatic rings. The first kappa shape index (κ1) is 48.7. The molecule has 4 fully saturated rings. The van der Waals surface area contributed by atoms with Gasteiger partial charge in [0.1, 0.15) is 19.7 Å². The summed E-state index contributed by atoms with van der Waals surface area (Å²) in [5.41, 5.74) is 8.09. The molecule has 5 heterocycles. The van der Waals surface area contributed by atoms with E-state index in [1.165, 1.54) is 23.6 Å². The summed E-state index contributed by atoms with van der Waals surface area (Å²) in [6.07, 6.45) is 7.83. The average molecular weight is 929 g/mol. The maximum Gasteiger partial charge on any atom is 0.246 e. The lowest BCUT2D eigenvalue weighted by atomic mass is 9.96. The van der Waals surface area contributed by atoms with Crippen LogP contribution in [0.2, 0.25) is 10.0 Å². The van der Waals surface area contributed by atoms with Crippen molar-refractivity contribution in [3.05, 3.63) is 69.7 Å². The van der Waals surface area contributed by atoms with Crippen LogP contribution in [0.1, 0.15) is 36.8 Å². The van der Waals surface area contributed by atoms with E-state index in [0.717, 1.165) is 69.7 Å². The zero-order chi connectivity index (χ0) is 39.9. The Morgan fingerprint density at radius 1 is 0.724 bits per heavy atom. The van der Waals surface area contributed by atoms with Crippen molar-refractivity contribution in [2.75, 3.05) is 87.1 Å². The predicted molar refractivity (Wildman–Crippen MR) is 237 cm³/mol. The van der Waals surface area contributed by atoms with Crippen LogP contribution in [0.4, 0.5) is 11.9 Å². The Kier molecular flexibility index (Phi) is 18.7. The minimum absolute atomic E-state index is 0. The second-order valence-corrected chi connectivity index (χ2v) is 20.9. The topological polar surface area (TPSA) is 176 Å². The zero-order valence-corrected chi connectivity index (χ0v) is 37.8. The molecule has 326 valence electrons. The number of nitrogens with one attached hydrogen (secondary N) is 2. The fourth-order valence-electron chi connectivity index (χ4n) is 8.41. The summed E-state index contributed by atoms with van der Waals surface area (Å²) in [5, 5.41) is 11.7. The van der Waals surface area contributed by atoms with Crippen molar-refractivity contribution in [3.8, 4) is 0 Å². The summed E-state index contributed by atoms with van der Waals surface area (Å²) >= 11 is 12.0. The first-order valence-electron chi connectivity index (χ1n) is 19.4. The normalized spacial score (nSPS) is 24.2. The van der Waals surface area contributed by atoms with Crippen molar-refractivity contribution in [1.29, 1.82) is 0 Å². The molecule has 58 heavy (non-hydrogen) atoms. The highest BCUT2D eigenvalue weighted by molar-refractivity contribution is 7.90. The van der Waals surface area contributed by atoms with Gasteiger partial charge in [0.15, 0.2) is 0 Å². The molecule has 0 radical (unpaired) electrons. The maximum atomic E-state index is 11.8. The number of hydrogen-bond donors (Lipinski definition) is 3. The SMILES string of the molecule is CS(=O)(=O)C[C@H]1CN(C2CCN(c3n[nH]c(N)n3)CC2)[C@@H](Cc2ccc(Cl)cc2)CO1.CS(=O)(=O)C[C@H]1CN(C2CCNCC2)[C@@H](Cc2ccc(Cl)cc2)CO1.Cl.Cl. The van der Waals surface area contributed by atoms with Gasteiger partial charge in [-0.1, -0.05) is 47.5 Å². The van der Waals surface area contributed by atoms with Crippen LogP contribution in [0.3, 0.4) is 0 Å². The van der Waals surface area contributed by atoms with Crippen LogP contribution in [-0.4, -0.2) is 155 Å². The molecule has 4 aliphatic rings. The minimum Gasteiger partial charge on any atom is -0.374 e. The van der Waals surface area contributed by atoms with Gasteiger partial charge in [-0.2, -0.15) is 4.98 Å². The van der Waals surface area contributed by atoms with Gasteiger partial charge in [0, 0.05) is 72.9 Å². The third-order valence-electron chi connectivity index (χ3n) is 11.0. The minimum atomic E-state index is -3.11. The molecule has 7 rings (SSSR count). The van der Waals surface area contributed by atoms with Gasteiger partial charge in [-0.05, 0) is 87.0 Å². The summed E-state index contributed by atoms with van der Waals surface area (Å²) in [4.78, 5) is 11.3. The Bertz CT molecular complexity index is 1920. The van der Waals surface area contributed by atoms with Gasteiger partial charge in [-0.25, -0.2) is 21.9 Å². The second kappa shape index (κ2) is 22.2. The number of piperidine rings is 2. The molecule has 4 N–H and O–H groups in total. The average Bonchev–Trinajstić information content (AvgIpc) is 3.60. The maximum absolute atomic E-state index is 11.8. The van der Waals surface area contributed by atoms with Crippen LogP contribution < -0.4 is 16.0 Å². The lowest BCUT2D eigenvalue weighted by molar-refractivity contribution is -0.0738. The van der Waals surface area contributed by atoms with Gasteiger partial charge < -0.3 is 25.4 Å². The molecule has 0 aliphatic carbocycles. The van der Waals surface area contributed by atoms with E-state index < -0.39 is 19.7 Å². The molecule has 4 saturated heterocycles. The molecule has 0 spiro atoms. The van der Waals surface area contributed by atoms with Crippen LogP contribution in [0, 0.1) is 0 Å². The van der Waals surface area contributed by atoms with Gasteiger partial charge in [-0.3, -0.25) is 9.80 Å². The van der Waals surface area contributed by atoms with Crippen molar-refractivity contribution >= 4 is 79.6 Å². The van der Waals surface area contributed by atoms with Crippen LogP contribution >= 0.6 is 48.0 Å². The standard InChI is InChI=1S/C20H29ClN6O3S.C18H27ClN2O3S.2ClH/c1-31(28,29)13-18-11-27(17(12-30-18)10-14-2-4-15(21)5-3-14)16-6-8-26(9-7-16)20-23-19(22)24-25-20;1-25(22,23)13-18-11-21(16-6-8-20-9-7-16)17(12-24-18)10-14-2-4-15(19)5-3-14;;/h2-5,16-18H,6-13H2,1H3,(H3,22,23,24,25);2-5,16-18,20H,6-13H2,1H3;2*1H/t2*17-,18+;;/m00../s1. The van der Waals surface area contributed by atoms with E-state index in [4.69, 9.17) is 38.4 Å².